The summed E-state index contributed by atoms with van der Waals surface area (Å²) in [7, 11) is -3.70. The molecule has 0 N–H and O–H groups in total. The fourth-order valence-electron chi connectivity index (χ4n) is 3.37. The SMILES string of the molecule is Cc1c(S(=O)(=O)N(Cc2ccco2)CC2CCCO2)sc2ccc(Cl)cc12. The van der Waals surface area contributed by atoms with E-state index in [0.29, 0.717) is 28.1 Å². The van der Waals surface area contributed by atoms with Crippen molar-refractivity contribution in [1.29, 1.82) is 0 Å². The number of thiophene rings is 1. The maximum Gasteiger partial charge on any atom is 0.253 e. The number of fused-ring (bicyclic) bond motifs is 1. The van der Waals surface area contributed by atoms with Crippen LogP contribution in [0.25, 0.3) is 10.1 Å². The van der Waals surface area contributed by atoms with Gasteiger partial charge in [0.05, 0.1) is 18.9 Å². The van der Waals surface area contributed by atoms with E-state index in [0.717, 1.165) is 28.5 Å². The van der Waals surface area contributed by atoms with Gasteiger partial charge in [-0.15, -0.1) is 11.3 Å². The summed E-state index contributed by atoms with van der Waals surface area (Å²) >= 11 is 7.38. The van der Waals surface area contributed by atoms with Gasteiger partial charge in [-0.2, -0.15) is 4.31 Å². The van der Waals surface area contributed by atoms with Gasteiger partial charge in [0.25, 0.3) is 10.0 Å². The lowest BCUT2D eigenvalue weighted by Gasteiger charge is -2.23. The van der Waals surface area contributed by atoms with E-state index in [1.165, 1.54) is 15.6 Å². The van der Waals surface area contributed by atoms with Crippen LogP contribution in [0.4, 0.5) is 0 Å². The molecule has 0 saturated carbocycles. The standard InChI is InChI=1S/C19H20ClNO4S2/c1-13-17-10-14(20)6-7-18(17)26-19(13)27(22,23)21(11-15-4-2-8-24-15)12-16-5-3-9-25-16/h2,4,6-8,10,16H,3,5,9,11-12H2,1H3. The van der Waals surface area contributed by atoms with E-state index in [1.807, 2.05) is 19.1 Å². The third kappa shape index (κ3) is 3.79. The summed E-state index contributed by atoms with van der Waals surface area (Å²) in [6.45, 7) is 3.01. The second-order valence-electron chi connectivity index (χ2n) is 6.67. The first kappa shape index (κ1) is 19.0. The predicted octanol–water partition coefficient (Wildman–Crippen LogP) is 4.83. The Morgan fingerprint density at radius 3 is 2.89 bits per heavy atom. The summed E-state index contributed by atoms with van der Waals surface area (Å²) in [5, 5.41) is 1.47. The zero-order valence-electron chi connectivity index (χ0n) is 14.9. The molecule has 1 unspecified atom stereocenters. The maximum absolute atomic E-state index is 13.5. The van der Waals surface area contributed by atoms with Gasteiger partial charge in [-0.25, -0.2) is 8.42 Å². The van der Waals surface area contributed by atoms with Crippen LogP contribution < -0.4 is 0 Å². The summed E-state index contributed by atoms with van der Waals surface area (Å²) in [5.41, 5.74) is 0.731. The molecule has 0 radical (unpaired) electrons. The molecule has 0 spiro atoms. The van der Waals surface area contributed by atoms with Crippen LogP contribution >= 0.6 is 22.9 Å². The molecule has 1 aliphatic rings. The lowest BCUT2D eigenvalue weighted by Crippen LogP contribution is -2.36. The van der Waals surface area contributed by atoms with Crippen molar-refractivity contribution in [2.45, 2.75) is 36.6 Å². The van der Waals surface area contributed by atoms with E-state index in [9.17, 15) is 8.42 Å². The zero-order valence-corrected chi connectivity index (χ0v) is 17.2. The van der Waals surface area contributed by atoms with Gasteiger partial charge in [0, 0.05) is 22.9 Å². The van der Waals surface area contributed by atoms with Gasteiger partial charge >= 0.3 is 0 Å². The average molecular weight is 426 g/mol. The molecule has 1 fully saturated rings. The van der Waals surface area contributed by atoms with Gasteiger partial charge in [-0.05, 0) is 61.0 Å². The van der Waals surface area contributed by atoms with Crippen molar-refractivity contribution in [1.82, 2.24) is 4.31 Å². The molecule has 144 valence electrons. The molecule has 4 rings (SSSR count). The van der Waals surface area contributed by atoms with E-state index in [-0.39, 0.29) is 12.6 Å². The number of benzene rings is 1. The molecule has 2 aromatic heterocycles. The topological polar surface area (TPSA) is 59.8 Å². The molecule has 1 aromatic carbocycles. The molecule has 27 heavy (non-hydrogen) atoms. The summed E-state index contributed by atoms with van der Waals surface area (Å²) < 4.78 is 40.9. The lowest BCUT2D eigenvalue weighted by molar-refractivity contribution is 0.0914. The van der Waals surface area contributed by atoms with Crippen molar-refractivity contribution in [3.05, 3.63) is 52.9 Å². The number of nitrogens with zero attached hydrogens (tertiary/aromatic N) is 1. The first-order valence-electron chi connectivity index (χ1n) is 8.78. The minimum Gasteiger partial charge on any atom is -0.468 e. The second kappa shape index (κ2) is 7.56. The van der Waals surface area contributed by atoms with E-state index >= 15 is 0 Å². The first-order valence-corrected chi connectivity index (χ1v) is 11.4. The van der Waals surface area contributed by atoms with Crippen LogP contribution in [0.15, 0.2) is 45.2 Å². The molecule has 5 nitrogen and oxygen atoms in total. The number of hydrogen-bond donors (Lipinski definition) is 0. The highest BCUT2D eigenvalue weighted by Crippen LogP contribution is 2.37. The number of furan rings is 1. The molecular weight excluding hydrogens is 406 g/mol. The highest BCUT2D eigenvalue weighted by Gasteiger charge is 2.32. The molecule has 0 amide bonds. The Bertz CT molecular complexity index is 1040. The number of aryl methyl sites for hydroxylation is 1. The van der Waals surface area contributed by atoms with Crippen LogP contribution in [0.3, 0.4) is 0 Å². The Labute approximate surface area is 167 Å². The summed E-state index contributed by atoms with van der Waals surface area (Å²) in [6, 6.07) is 9.02. The highest BCUT2D eigenvalue weighted by molar-refractivity contribution is 7.91. The monoisotopic (exact) mass is 425 g/mol. The van der Waals surface area contributed by atoms with Crippen LogP contribution in [-0.4, -0.2) is 32.0 Å². The van der Waals surface area contributed by atoms with Gasteiger partial charge in [0.15, 0.2) is 0 Å². The fourth-order valence-corrected chi connectivity index (χ4v) is 6.86. The number of rotatable bonds is 6. The molecule has 3 heterocycles. The Kier molecular flexibility index (Phi) is 5.31. The molecule has 3 aromatic rings. The number of hydrogen-bond acceptors (Lipinski definition) is 5. The smallest absolute Gasteiger partial charge is 0.253 e. The van der Waals surface area contributed by atoms with Crippen LogP contribution in [-0.2, 0) is 21.3 Å². The number of ether oxygens (including phenoxy) is 1. The van der Waals surface area contributed by atoms with Crippen LogP contribution in [0.1, 0.15) is 24.2 Å². The van der Waals surface area contributed by atoms with E-state index in [1.54, 1.807) is 24.5 Å². The van der Waals surface area contributed by atoms with Gasteiger partial charge in [-0.3, -0.25) is 0 Å². The number of halogens is 1. The minimum absolute atomic E-state index is 0.0844. The maximum atomic E-state index is 13.5. The van der Waals surface area contributed by atoms with Crippen molar-refractivity contribution in [2.24, 2.45) is 0 Å². The normalized spacial score (nSPS) is 18.0. The van der Waals surface area contributed by atoms with Gasteiger partial charge in [0.1, 0.15) is 9.97 Å². The largest absolute Gasteiger partial charge is 0.468 e. The molecule has 1 aliphatic heterocycles. The number of sulfonamides is 1. The quantitative estimate of drug-likeness (QED) is 0.567. The van der Waals surface area contributed by atoms with E-state index < -0.39 is 10.0 Å². The second-order valence-corrected chi connectivity index (χ2v) is 10.3. The summed E-state index contributed by atoms with van der Waals surface area (Å²) in [6.07, 6.45) is 3.29. The zero-order chi connectivity index (χ0) is 19.0. The Hall–Kier alpha value is -1.38. The molecular formula is C19H20ClNO4S2. The molecule has 0 bridgehead atoms. The minimum atomic E-state index is -3.70. The Morgan fingerprint density at radius 2 is 2.19 bits per heavy atom. The van der Waals surface area contributed by atoms with Crippen LogP contribution in [0, 0.1) is 6.92 Å². The van der Waals surface area contributed by atoms with Crippen molar-refractivity contribution in [3.63, 3.8) is 0 Å². The van der Waals surface area contributed by atoms with Gasteiger partial charge < -0.3 is 9.15 Å². The summed E-state index contributed by atoms with van der Waals surface area (Å²) in [5.74, 6) is 0.610. The molecule has 1 saturated heterocycles. The lowest BCUT2D eigenvalue weighted by atomic mass is 10.2. The third-order valence-corrected chi connectivity index (χ3v) is 8.69. The van der Waals surface area contributed by atoms with Crippen LogP contribution in [0.2, 0.25) is 5.02 Å². The Balaban J connectivity index is 1.73. The van der Waals surface area contributed by atoms with E-state index in [2.05, 4.69) is 0 Å². The Morgan fingerprint density at radius 1 is 1.33 bits per heavy atom. The first-order chi connectivity index (χ1) is 12.9. The highest BCUT2D eigenvalue weighted by atomic mass is 35.5. The summed E-state index contributed by atoms with van der Waals surface area (Å²) in [4.78, 5) is 0. The van der Waals surface area contributed by atoms with Crippen LogP contribution in [0.5, 0.6) is 0 Å². The predicted molar refractivity (Wildman–Crippen MR) is 107 cm³/mol. The van der Waals surface area contributed by atoms with Gasteiger partial charge in [0.2, 0.25) is 0 Å². The van der Waals surface area contributed by atoms with E-state index in [4.69, 9.17) is 20.8 Å². The molecule has 8 heteroatoms. The van der Waals surface area contributed by atoms with Crippen molar-refractivity contribution < 1.29 is 17.6 Å². The fraction of sp³-hybridized carbons (Fsp3) is 0.368. The third-order valence-electron chi connectivity index (χ3n) is 4.77. The average Bonchev–Trinajstić information content (AvgIpc) is 3.37. The van der Waals surface area contributed by atoms with Crippen molar-refractivity contribution in [3.8, 4) is 0 Å². The van der Waals surface area contributed by atoms with Gasteiger partial charge in [-0.1, -0.05) is 11.6 Å². The molecule has 0 aliphatic carbocycles. The molecule has 1 atom stereocenters. The van der Waals surface area contributed by atoms with Crippen molar-refractivity contribution in [2.75, 3.05) is 13.2 Å². The van der Waals surface area contributed by atoms with Crippen molar-refractivity contribution >= 4 is 43.0 Å².